The van der Waals surface area contributed by atoms with Gasteiger partial charge in [0.15, 0.2) is 5.88 Å². The van der Waals surface area contributed by atoms with Crippen molar-refractivity contribution < 1.29 is 9.84 Å². The van der Waals surface area contributed by atoms with Crippen LogP contribution in [0.2, 0.25) is 0 Å². The Bertz CT molecular complexity index is 1090. The average Bonchev–Trinajstić information content (AvgIpc) is 3.01. The minimum atomic E-state index is 0.152. The van der Waals surface area contributed by atoms with E-state index < -0.39 is 0 Å². The molecule has 0 amide bonds. The van der Waals surface area contributed by atoms with E-state index in [1.807, 2.05) is 36.4 Å². The maximum Gasteiger partial charge on any atom is 0.199 e. The first-order valence-electron chi connectivity index (χ1n) is 9.03. The van der Waals surface area contributed by atoms with Gasteiger partial charge >= 0.3 is 0 Å². The second kappa shape index (κ2) is 7.39. The quantitative estimate of drug-likeness (QED) is 0.541. The number of para-hydroxylation sites is 1. The van der Waals surface area contributed by atoms with Crippen molar-refractivity contribution in [2.24, 2.45) is 0 Å². The first kappa shape index (κ1) is 17.5. The van der Waals surface area contributed by atoms with E-state index in [-0.39, 0.29) is 5.88 Å². The number of hydrogen-bond acceptors (Lipinski definition) is 4. The highest BCUT2D eigenvalue weighted by atomic mass is 16.5. The Morgan fingerprint density at radius 1 is 1.11 bits per heavy atom. The van der Waals surface area contributed by atoms with Crippen LogP contribution >= 0.6 is 0 Å². The fraction of sp³-hybridized carbons (Fsp3) is 0.227. The molecule has 138 valence electrons. The highest BCUT2D eigenvalue weighted by molar-refractivity contribution is 5.99. The Labute approximate surface area is 158 Å². The zero-order valence-electron chi connectivity index (χ0n) is 15.6. The molecule has 0 radical (unpaired) electrons. The molecule has 4 aromatic rings. The Morgan fingerprint density at radius 3 is 2.81 bits per heavy atom. The summed E-state index contributed by atoms with van der Waals surface area (Å²) in [7, 11) is 3.81. The smallest absolute Gasteiger partial charge is 0.199 e. The van der Waals surface area contributed by atoms with Gasteiger partial charge in [-0.05, 0) is 36.9 Å². The van der Waals surface area contributed by atoms with Crippen molar-refractivity contribution >= 4 is 21.8 Å². The van der Waals surface area contributed by atoms with Gasteiger partial charge in [0.1, 0.15) is 0 Å². The number of likely N-dealkylation sites (N-methyl/N-ethyl adjacent to an activating group) is 1. The lowest BCUT2D eigenvalue weighted by atomic mass is 10.1. The van der Waals surface area contributed by atoms with Crippen molar-refractivity contribution in [3.05, 3.63) is 60.2 Å². The molecule has 0 aliphatic heterocycles. The van der Waals surface area contributed by atoms with Crippen LogP contribution in [-0.2, 0) is 11.3 Å². The first-order chi connectivity index (χ1) is 13.2. The van der Waals surface area contributed by atoms with Gasteiger partial charge in [-0.15, -0.1) is 0 Å². The van der Waals surface area contributed by atoms with Crippen molar-refractivity contribution in [3.63, 3.8) is 0 Å². The Morgan fingerprint density at radius 2 is 1.96 bits per heavy atom. The fourth-order valence-electron chi connectivity index (χ4n) is 3.44. The van der Waals surface area contributed by atoms with E-state index >= 15 is 0 Å². The van der Waals surface area contributed by atoms with Crippen molar-refractivity contribution in [1.82, 2.24) is 14.9 Å². The molecule has 4 rings (SSSR count). The molecule has 27 heavy (non-hydrogen) atoms. The number of nitrogens with zero attached hydrogens (tertiary/aromatic N) is 2. The summed E-state index contributed by atoms with van der Waals surface area (Å²) >= 11 is 0. The number of hydrogen-bond donors (Lipinski definition) is 2. The van der Waals surface area contributed by atoms with Crippen LogP contribution in [-0.4, -0.2) is 47.3 Å². The second-order valence-corrected chi connectivity index (χ2v) is 6.85. The molecule has 2 heterocycles. The molecule has 2 aromatic heterocycles. The van der Waals surface area contributed by atoms with Gasteiger partial charge in [-0.25, -0.2) is 4.98 Å². The number of rotatable bonds is 6. The van der Waals surface area contributed by atoms with E-state index in [1.54, 1.807) is 7.11 Å². The lowest BCUT2D eigenvalue weighted by molar-refractivity contribution is 0.158. The summed E-state index contributed by atoms with van der Waals surface area (Å²) in [4.78, 5) is 10.0. The van der Waals surface area contributed by atoms with Crippen LogP contribution in [0.4, 0.5) is 0 Å². The van der Waals surface area contributed by atoms with Crippen molar-refractivity contribution in [2.45, 2.75) is 6.54 Å². The maximum atomic E-state index is 10.4. The molecule has 0 aliphatic rings. The predicted molar refractivity (Wildman–Crippen MR) is 109 cm³/mol. The summed E-state index contributed by atoms with van der Waals surface area (Å²) in [6, 6.07) is 18.2. The highest BCUT2D eigenvalue weighted by Gasteiger charge is 2.14. The van der Waals surface area contributed by atoms with Gasteiger partial charge in [0.05, 0.1) is 23.4 Å². The van der Waals surface area contributed by atoms with E-state index in [9.17, 15) is 5.11 Å². The number of nitrogens with one attached hydrogen (secondary N) is 1. The molecular weight excluding hydrogens is 338 g/mol. The van der Waals surface area contributed by atoms with Crippen molar-refractivity contribution in [3.8, 4) is 17.1 Å². The van der Waals surface area contributed by atoms with E-state index in [4.69, 9.17) is 9.72 Å². The van der Waals surface area contributed by atoms with Crippen LogP contribution in [0.3, 0.4) is 0 Å². The first-order valence-corrected chi connectivity index (χ1v) is 9.03. The fourth-order valence-corrected chi connectivity index (χ4v) is 3.44. The highest BCUT2D eigenvalue weighted by Crippen LogP contribution is 2.36. The largest absolute Gasteiger partial charge is 0.494 e. The summed E-state index contributed by atoms with van der Waals surface area (Å²) in [5.74, 6) is 0.152. The molecular formula is C22H23N3O2. The van der Waals surface area contributed by atoms with E-state index in [1.165, 1.54) is 5.56 Å². The Balaban J connectivity index is 1.67. The number of aromatic nitrogens is 2. The molecule has 5 nitrogen and oxygen atoms in total. The molecule has 0 atom stereocenters. The maximum absolute atomic E-state index is 10.4. The van der Waals surface area contributed by atoms with Gasteiger partial charge in [-0.1, -0.05) is 30.3 Å². The number of methoxy groups -OCH3 is 1. The molecule has 0 saturated carbocycles. The van der Waals surface area contributed by atoms with Crippen LogP contribution in [0.5, 0.6) is 5.88 Å². The SMILES string of the molecule is COCCN(C)Cc1ccc2nc(-c3c(O)[nH]c4ccccc34)ccc2c1. The molecule has 5 heteroatoms. The predicted octanol–water partition coefficient (Wildman–Crippen LogP) is 4.17. The van der Waals surface area contributed by atoms with Crippen molar-refractivity contribution in [1.29, 1.82) is 0 Å². The summed E-state index contributed by atoms with van der Waals surface area (Å²) in [5, 5.41) is 12.4. The third kappa shape index (κ3) is 3.52. The van der Waals surface area contributed by atoms with Gasteiger partial charge in [0, 0.05) is 36.5 Å². The molecule has 0 fully saturated rings. The summed E-state index contributed by atoms with van der Waals surface area (Å²) in [6.07, 6.45) is 0. The second-order valence-electron chi connectivity index (χ2n) is 6.85. The Hall–Kier alpha value is -2.89. The van der Waals surface area contributed by atoms with Crippen LogP contribution < -0.4 is 0 Å². The van der Waals surface area contributed by atoms with Crippen LogP contribution in [0.25, 0.3) is 33.1 Å². The number of pyridine rings is 1. The molecule has 0 spiro atoms. The minimum Gasteiger partial charge on any atom is -0.494 e. The monoisotopic (exact) mass is 361 g/mol. The van der Waals surface area contributed by atoms with E-state index in [2.05, 4.69) is 35.1 Å². The topological polar surface area (TPSA) is 61.4 Å². The van der Waals surface area contributed by atoms with Gasteiger partial charge in [-0.2, -0.15) is 0 Å². The van der Waals surface area contributed by atoms with E-state index in [0.717, 1.165) is 52.8 Å². The number of benzene rings is 2. The van der Waals surface area contributed by atoms with Gasteiger partial charge in [0.25, 0.3) is 0 Å². The lowest BCUT2D eigenvalue weighted by Crippen LogP contribution is -2.22. The number of H-pyrrole nitrogens is 1. The molecule has 2 N–H and O–H groups in total. The number of aromatic hydroxyl groups is 1. The van der Waals surface area contributed by atoms with Gasteiger partial charge < -0.3 is 14.8 Å². The molecule has 0 bridgehead atoms. The normalized spacial score (nSPS) is 11.7. The zero-order valence-corrected chi connectivity index (χ0v) is 15.6. The third-order valence-electron chi connectivity index (χ3n) is 4.83. The summed E-state index contributed by atoms with van der Waals surface area (Å²) in [6.45, 7) is 2.49. The number of aromatic amines is 1. The molecule has 2 aromatic carbocycles. The van der Waals surface area contributed by atoms with Gasteiger partial charge in [-0.3, -0.25) is 4.90 Å². The van der Waals surface area contributed by atoms with E-state index in [0.29, 0.717) is 0 Å². The van der Waals surface area contributed by atoms with Crippen LogP contribution in [0, 0.1) is 0 Å². The molecule has 0 unspecified atom stereocenters. The summed E-state index contributed by atoms with van der Waals surface area (Å²) in [5.41, 5.74) is 4.57. The van der Waals surface area contributed by atoms with Gasteiger partial charge in [0.2, 0.25) is 0 Å². The zero-order chi connectivity index (χ0) is 18.8. The third-order valence-corrected chi connectivity index (χ3v) is 4.83. The number of fused-ring (bicyclic) bond motifs is 2. The number of ether oxygens (including phenoxy) is 1. The van der Waals surface area contributed by atoms with Crippen LogP contribution in [0.1, 0.15) is 5.56 Å². The summed E-state index contributed by atoms with van der Waals surface area (Å²) < 4.78 is 5.13. The Kier molecular flexibility index (Phi) is 4.79. The lowest BCUT2D eigenvalue weighted by Gasteiger charge is -2.16. The van der Waals surface area contributed by atoms with Crippen LogP contribution in [0.15, 0.2) is 54.6 Å². The molecule has 0 aliphatic carbocycles. The van der Waals surface area contributed by atoms with Crippen molar-refractivity contribution in [2.75, 3.05) is 27.3 Å². The average molecular weight is 361 g/mol. The standard InChI is InChI=1S/C22H23N3O2/c1-25(11-12-27-2)14-15-7-9-18-16(13-15)8-10-20(23-18)21-17-5-3-4-6-19(17)24-22(21)26/h3-10,13,24,26H,11-12,14H2,1-2H3. The minimum absolute atomic E-state index is 0.152. The molecule has 0 saturated heterocycles.